The second-order valence-corrected chi connectivity index (χ2v) is 10.7. The fourth-order valence-corrected chi connectivity index (χ4v) is 6.39. The van der Waals surface area contributed by atoms with Crippen molar-refractivity contribution in [2.24, 2.45) is 7.05 Å². The summed E-state index contributed by atoms with van der Waals surface area (Å²) < 4.78 is 1.83. The molecule has 5 rings (SSSR count). The van der Waals surface area contributed by atoms with Crippen LogP contribution in [0.2, 0.25) is 5.02 Å². The van der Waals surface area contributed by atoms with E-state index in [1.165, 1.54) is 5.56 Å². The number of piperidine rings is 1. The number of carbonyl (C=O) groups excluding carboxylic acids is 2. The van der Waals surface area contributed by atoms with Gasteiger partial charge in [0, 0.05) is 49.1 Å². The number of rotatable bonds is 5. The molecule has 0 radical (unpaired) electrons. The van der Waals surface area contributed by atoms with Gasteiger partial charge < -0.3 is 4.90 Å². The lowest BCUT2D eigenvalue weighted by molar-refractivity contribution is -0.131. The van der Waals surface area contributed by atoms with Crippen molar-refractivity contribution in [3.63, 3.8) is 0 Å². The Kier molecular flexibility index (Phi) is 6.93. The third-order valence-electron chi connectivity index (χ3n) is 7.15. The largest absolute Gasteiger partial charge is 0.342 e. The SMILES string of the molecule is CN(C(=O)c1csc(C2CCN(C(=O)Cc3ccccc3Cl)CC2)n1)c1c2c(nn1C)CCCC2. The maximum absolute atomic E-state index is 13.3. The molecule has 0 unspecified atom stereocenters. The maximum atomic E-state index is 13.3. The Hall–Kier alpha value is -2.71. The molecule has 3 aromatic rings. The molecule has 1 aliphatic carbocycles. The van der Waals surface area contributed by atoms with Crippen LogP contribution < -0.4 is 4.90 Å². The van der Waals surface area contributed by atoms with Gasteiger partial charge in [-0.15, -0.1) is 11.3 Å². The van der Waals surface area contributed by atoms with E-state index < -0.39 is 0 Å². The minimum Gasteiger partial charge on any atom is -0.342 e. The lowest BCUT2D eigenvalue weighted by atomic mass is 9.97. The summed E-state index contributed by atoms with van der Waals surface area (Å²) in [5.74, 6) is 1.15. The van der Waals surface area contributed by atoms with Crippen molar-refractivity contribution in [3.8, 4) is 0 Å². The highest BCUT2D eigenvalue weighted by molar-refractivity contribution is 7.10. The molecule has 35 heavy (non-hydrogen) atoms. The highest BCUT2D eigenvalue weighted by Gasteiger charge is 2.29. The van der Waals surface area contributed by atoms with Crippen LogP contribution in [0.5, 0.6) is 0 Å². The average molecular weight is 512 g/mol. The smallest absolute Gasteiger partial charge is 0.278 e. The number of hydrogen-bond donors (Lipinski definition) is 0. The highest BCUT2D eigenvalue weighted by Crippen LogP contribution is 2.33. The van der Waals surface area contributed by atoms with Gasteiger partial charge in [-0.05, 0) is 50.2 Å². The molecule has 0 atom stereocenters. The molecule has 2 amide bonds. The van der Waals surface area contributed by atoms with Gasteiger partial charge in [-0.1, -0.05) is 29.8 Å². The number of anilines is 1. The summed E-state index contributed by atoms with van der Waals surface area (Å²) >= 11 is 7.77. The van der Waals surface area contributed by atoms with Crippen molar-refractivity contribution in [2.45, 2.75) is 50.9 Å². The molecular weight excluding hydrogens is 482 g/mol. The number of likely N-dealkylation sites (tertiary alicyclic amines) is 1. The molecule has 3 heterocycles. The average Bonchev–Trinajstić information content (AvgIpc) is 3.49. The van der Waals surface area contributed by atoms with Crippen LogP contribution in [0, 0.1) is 0 Å². The molecule has 0 N–H and O–H groups in total. The van der Waals surface area contributed by atoms with E-state index in [4.69, 9.17) is 16.6 Å². The van der Waals surface area contributed by atoms with E-state index in [1.54, 1.807) is 16.2 Å². The number of hydrogen-bond acceptors (Lipinski definition) is 5. The Bertz CT molecular complexity index is 1240. The van der Waals surface area contributed by atoms with Gasteiger partial charge in [0.15, 0.2) is 0 Å². The predicted molar refractivity (Wildman–Crippen MR) is 138 cm³/mol. The molecule has 1 aromatic carbocycles. The van der Waals surface area contributed by atoms with Crippen molar-refractivity contribution in [1.29, 1.82) is 0 Å². The second-order valence-electron chi connectivity index (χ2n) is 9.44. The summed E-state index contributed by atoms with van der Waals surface area (Å²) in [5.41, 5.74) is 3.65. The summed E-state index contributed by atoms with van der Waals surface area (Å²) in [6.07, 6.45) is 6.25. The third-order valence-corrected chi connectivity index (χ3v) is 8.52. The van der Waals surface area contributed by atoms with Crippen LogP contribution in [0.4, 0.5) is 5.82 Å². The number of amides is 2. The number of thiazole rings is 1. The Labute approximate surface area is 214 Å². The van der Waals surface area contributed by atoms with Gasteiger partial charge >= 0.3 is 0 Å². The molecule has 0 spiro atoms. The quantitative estimate of drug-likeness (QED) is 0.500. The number of fused-ring (bicyclic) bond motifs is 1. The van der Waals surface area contributed by atoms with E-state index in [0.717, 1.165) is 60.6 Å². The summed E-state index contributed by atoms with van der Waals surface area (Å²) in [4.78, 5) is 34.4. The van der Waals surface area contributed by atoms with Crippen LogP contribution in [0.1, 0.15) is 63.9 Å². The fourth-order valence-electron chi connectivity index (χ4n) is 5.22. The molecule has 184 valence electrons. The van der Waals surface area contributed by atoms with E-state index in [-0.39, 0.29) is 17.7 Å². The number of nitrogens with zero attached hydrogens (tertiary/aromatic N) is 5. The first kappa shape index (κ1) is 24.0. The van der Waals surface area contributed by atoms with Crippen LogP contribution in [0.3, 0.4) is 0 Å². The Morgan fingerprint density at radius 2 is 1.91 bits per heavy atom. The van der Waals surface area contributed by atoms with E-state index in [1.807, 2.05) is 53.3 Å². The van der Waals surface area contributed by atoms with Crippen molar-refractivity contribution < 1.29 is 9.59 Å². The van der Waals surface area contributed by atoms with Gasteiger partial charge in [0.1, 0.15) is 11.5 Å². The van der Waals surface area contributed by atoms with Crippen LogP contribution in [0.15, 0.2) is 29.6 Å². The van der Waals surface area contributed by atoms with Crippen molar-refractivity contribution in [2.75, 3.05) is 25.0 Å². The van der Waals surface area contributed by atoms with Gasteiger partial charge in [0.05, 0.1) is 17.1 Å². The predicted octanol–water partition coefficient (Wildman–Crippen LogP) is 4.63. The zero-order chi connectivity index (χ0) is 24.5. The van der Waals surface area contributed by atoms with Gasteiger partial charge in [-0.3, -0.25) is 19.2 Å². The first-order valence-corrected chi connectivity index (χ1v) is 13.5. The topological polar surface area (TPSA) is 71.3 Å². The van der Waals surface area contributed by atoms with E-state index >= 15 is 0 Å². The van der Waals surface area contributed by atoms with Gasteiger partial charge in [-0.2, -0.15) is 5.10 Å². The monoisotopic (exact) mass is 511 g/mol. The fraction of sp³-hybridized carbons (Fsp3) is 0.462. The zero-order valence-electron chi connectivity index (χ0n) is 20.2. The van der Waals surface area contributed by atoms with Crippen LogP contribution in [-0.4, -0.2) is 51.6 Å². The highest BCUT2D eigenvalue weighted by atomic mass is 35.5. The van der Waals surface area contributed by atoms with Gasteiger partial charge in [-0.25, -0.2) is 4.98 Å². The van der Waals surface area contributed by atoms with Crippen molar-refractivity contribution in [1.82, 2.24) is 19.7 Å². The number of halogens is 1. The molecular formula is C26H30ClN5O2S. The lowest BCUT2D eigenvalue weighted by Crippen LogP contribution is -2.38. The molecule has 2 aromatic heterocycles. The van der Waals surface area contributed by atoms with Crippen LogP contribution >= 0.6 is 22.9 Å². The minimum atomic E-state index is -0.101. The molecule has 0 saturated carbocycles. The van der Waals surface area contributed by atoms with Crippen LogP contribution in [-0.2, 0) is 31.1 Å². The summed E-state index contributed by atoms with van der Waals surface area (Å²) in [6, 6.07) is 7.50. The van der Waals surface area contributed by atoms with Crippen molar-refractivity contribution >= 4 is 40.6 Å². The first-order valence-electron chi connectivity index (χ1n) is 12.2. The van der Waals surface area contributed by atoms with E-state index in [0.29, 0.717) is 30.2 Å². The summed E-state index contributed by atoms with van der Waals surface area (Å²) in [5, 5.41) is 8.12. The maximum Gasteiger partial charge on any atom is 0.278 e. The number of aromatic nitrogens is 3. The Balaban J connectivity index is 1.21. The summed E-state index contributed by atoms with van der Waals surface area (Å²) in [6.45, 7) is 1.38. The summed E-state index contributed by atoms with van der Waals surface area (Å²) in [7, 11) is 3.72. The molecule has 1 aliphatic heterocycles. The lowest BCUT2D eigenvalue weighted by Gasteiger charge is -2.31. The molecule has 0 bridgehead atoms. The normalized spacial score (nSPS) is 16.3. The third kappa shape index (κ3) is 4.86. The van der Waals surface area contributed by atoms with Gasteiger partial charge in [0.2, 0.25) is 5.91 Å². The zero-order valence-corrected chi connectivity index (χ0v) is 21.7. The van der Waals surface area contributed by atoms with E-state index in [2.05, 4.69) is 5.10 Å². The number of aryl methyl sites for hydroxylation is 2. The van der Waals surface area contributed by atoms with Gasteiger partial charge in [0.25, 0.3) is 5.91 Å². The molecule has 1 fully saturated rings. The van der Waals surface area contributed by atoms with Crippen molar-refractivity contribution in [3.05, 3.63) is 62.2 Å². The Morgan fingerprint density at radius 3 is 2.69 bits per heavy atom. The van der Waals surface area contributed by atoms with Crippen LogP contribution in [0.25, 0.3) is 0 Å². The first-order chi connectivity index (χ1) is 16.9. The number of benzene rings is 1. The molecule has 7 nitrogen and oxygen atoms in total. The standard InChI is InChI=1S/C26H30ClN5O2S/c1-30(25-19-8-4-6-10-21(19)29-31(25)2)26(34)22-16-35-24(28-22)17-11-13-32(14-12-17)23(33)15-18-7-3-5-9-20(18)27/h3,5,7,9,16-17H,4,6,8,10-15H2,1-2H3. The van der Waals surface area contributed by atoms with E-state index in [9.17, 15) is 9.59 Å². The minimum absolute atomic E-state index is 0.101. The number of carbonyl (C=O) groups is 2. The second kappa shape index (κ2) is 10.1. The molecule has 2 aliphatic rings. The Morgan fingerprint density at radius 1 is 1.17 bits per heavy atom. The molecule has 9 heteroatoms. The molecule has 1 saturated heterocycles.